The summed E-state index contributed by atoms with van der Waals surface area (Å²) in [6.45, 7) is 5.98. The summed E-state index contributed by atoms with van der Waals surface area (Å²) in [6, 6.07) is 12.0. The molecule has 0 radical (unpaired) electrons. The number of carbonyl (C=O) groups is 1. The Balaban J connectivity index is 1.62. The molecule has 0 spiro atoms. The van der Waals surface area contributed by atoms with E-state index in [1.807, 2.05) is 29.2 Å². The van der Waals surface area contributed by atoms with Crippen molar-refractivity contribution in [3.63, 3.8) is 0 Å². The first-order valence-electron chi connectivity index (χ1n) is 11.4. The van der Waals surface area contributed by atoms with Gasteiger partial charge in [0, 0.05) is 13.2 Å². The van der Waals surface area contributed by atoms with Gasteiger partial charge in [-0.3, -0.25) is 4.79 Å². The lowest BCUT2D eigenvalue weighted by Gasteiger charge is -2.38. The molecule has 2 aliphatic rings. The van der Waals surface area contributed by atoms with Crippen molar-refractivity contribution in [3.8, 4) is 17.2 Å². The number of fused-ring (bicyclic) bond motifs is 1. The SMILES string of the molecule is COc1cc2c(cc1OC)C(COc1ccc(C(C)C)cc1)N(C(=O)C1CCCO1)CC2. The molecule has 0 aliphatic carbocycles. The van der Waals surface area contributed by atoms with Crippen molar-refractivity contribution in [2.75, 3.05) is 34.0 Å². The van der Waals surface area contributed by atoms with Crippen LogP contribution in [-0.4, -0.2) is 50.9 Å². The molecule has 4 rings (SSSR count). The average Bonchev–Trinajstić information content (AvgIpc) is 3.36. The molecular weight excluding hydrogens is 406 g/mol. The minimum atomic E-state index is -0.357. The van der Waals surface area contributed by atoms with E-state index in [-0.39, 0.29) is 18.1 Å². The van der Waals surface area contributed by atoms with Crippen LogP contribution in [0.2, 0.25) is 0 Å². The van der Waals surface area contributed by atoms with Crippen molar-refractivity contribution in [1.29, 1.82) is 0 Å². The van der Waals surface area contributed by atoms with Crippen LogP contribution >= 0.6 is 0 Å². The van der Waals surface area contributed by atoms with Crippen LogP contribution in [0.5, 0.6) is 17.2 Å². The maximum Gasteiger partial charge on any atom is 0.252 e. The van der Waals surface area contributed by atoms with Gasteiger partial charge in [0.05, 0.1) is 20.3 Å². The predicted molar refractivity (Wildman–Crippen MR) is 123 cm³/mol. The molecule has 2 aromatic rings. The van der Waals surface area contributed by atoms with E-state index in [9.17, 15) is 4.79 Å². The molecule has 1 amide bonds. The van der Waals surface area contributed by atoms with E-state index in [1.165, 1.54) is 5.56 Å². The van der Waals surface area contributed by atoms with Crippen LogP contribution in [0.3, 0.4) is 0 Å². The lowest BCUT2D eigenvalue weighted by molar-refractivity contribution is -0.144. The first-order chi connectivity index (χ1) is 15.5. The Morgan fingerprint density at radius 2 is 1.84 bits per heavy atom. The Morgan fingerprint density at radius 1 is 1.12 bits per heavy atom. The third-order valence-electron chi connectivity index (χ3n) is 6.45. The molecule has 2 unspecified atom stereocenters. The number of benzene rings is 2. The fraction of sp³-hybridized carbons (Fsp3) is 0.500. The van der Waals surface area contributed by atoms with E-state index in [1.54, 1.807) is 14.2 Å². The van der Waals surface area contributed by atoms with Crippen molar-refractivity contribution >= 4 is 5.91 Å². The summed E-state index contributed by atoms with van der Waals surface area (Å²) in [6.07, 6.45) is 2.10. The summed E-state index contributed by atoms with van der Waals surface area (Å²) in [7, 11) is 3.27. The van der Waals surface area contributed by atoms with Gasteiger partial charge in [0.25, 0.3) is 5.91 Å². The van der Waals surface area contributed by atoms with Crippen LogP contribution in [-0.2, 0) is 16.0 Å². The Labute approximate surface area is 190 Å². The van der Waals surface area contributed by atoms with Gasteiger partial charge in [-0.2, -0.15) is 0 Å². The number of hydrogen-bond donors (Lipinski definition) is 0. The van der Waals surface area contributed by atoms with Crippen molar-refractivity contribution in [2.24, 2.45) is 0 Å². The zero-order valence-electron chi connectivity index (χ0n) is 19.4. The smallest absolute Gasteiger partial charge is 0.252 e. The van der Waals surface area contributed by atoms with Gasteiger partial charge in [-0.1, -0.05) is 26.0 Å². The summed E-state index contributed by atoms with van der Waals surface area (Å²) in [4.78, 5) is 15.2. The Kier molecular flexibility index (Phi) is 6.89. The van der Waals surface area contributed by atoms with E-state index < -0.39 is 0 Å². The standard InChI is InChI=1S/C26H33NO5/c1-17(2)18-7-9-20(10-8-18)32-16-22-21-15-25(30-4)24(29-3)14-19(21)11-12-27(22)26(28)23-6-5-13-31-23/h7-10,14-15,17,22-23H,5-6,11-13,16H2,1-4H3. The third-order valence-corrected chi connectivity index (χ3v) is 6.45. The fourth-order valence-corrected chi connectivity index (χ4v) is 4.55. The molecule has 0 aromatic heterocycles. The van der Waals surface area contributed by atoms with Crippen LogP contribution < -0.4 is 14.2 Å². The number of carbonyl (C=O) groups excluding carboxylic acids is 1. The zero-order chi connectivity index (χ0) is 22.7. The molecule has 0 bridgehead atoms. The van der Waals surface area contributed by atoms with Gasteiger partial charge in [0.2, 0.25) is 0 Å². The highest BCUT2D eigenvalue weighted by Crippen LogP contribution is 2.39. The molecule has 1 saturated heterocycles. The maximum absolute atomic E-state index is 13.3. The van der Waals surface area contributed by atoms with Crippen molar-refractivity contribution < 1.29 is 23.7 Å². The number of amides is 1. The van der Waals surface area contributed by atoms with E-state index in [0.717, 1.165) is 36.1 Å². The summed E-state index contributed by atoms with van der Waals surface area (Å²) in [5, 5.41) is 0. The van der Waals surface area contributed by atoms with Crippen LogP contribution in [0.15, 0.2) is 36.4 Å². The Morgan fingerprint density at radius 3 is 2.47 bits per heavy atom. The molecule has 0 N–H and O–H groups in total. The highest BCUT2D eigenvalue weighted by atomic mass is 16.5. The molecule has 0 saturated carbocycles. The Bertz CT molecular complexity index is 934. The molecule has 6 nitrogen and oxygen atoms in total. The first-order valence-corrected chi connectivity index (χ1v) is 11.4. The first kappa shape index (κ1) is 22.5. The second kappa shape index (κ2) is 9.82. The van der Waals surface area contributed by atoms with Gasteiger partial charge >= 0.3 is 0 Å². The van der Waals surface area contributed by atoms with Crippen molar-refractivity contribution in [2.45, 2.75) is 51.2 Å². The van der Waals surface area contributed by atoms with Crippen LogP contribution in [0.4, 0.5) is 0 Å². The van der Waals surface area contributed by atoms with Crippen LogP contribution in [0.1, 0.15) is 55.3 Å². The second-order valence-corrected chi connectivity index (χ2v) is 8.74. The molecule has 32 heavy (non-hydrogen) atoms. The lowest BCUT2D eigenvalue weighted by atomic mass is 9.91. The maximum atomic E-state index is 13.3. The van der Waals surface area contributed by atoms with Crippen molar-refractivity contribution in [3.05, 3.63) is 53.1 Å². The quantitative estimate of drug-likeness (QED) is 0.635. The summed E-state index contributed by atoms with van der Waals surface area (Å²) < 4.78 is 23.0. The molecule has 2 aromatic carbocycles. The number of rotatable bonds is 7. The van der Waals surface area contributed by atoms with Gasteiger partial charge in [-0.05, 0) is 66.1 Å². The molecule has 172 valence electrons. The topological polar surface area (TPSA) is 57.2 Å². The van der Waals surface area contributed by atoms with E-state index in [0.29, 0.717) is 37.2 Å². The van der Waals surface area contributed by atoms with E-state index in [4.69, 9.17) is 18.9 Å². The molecule has 2 aliphatic heterocycles. The largest absolute Gasteiger partial charge is 0.493 e. The number of nitrogens with zero attached hydrogens (tertiary/aromatic N) is 1. The van der Waals surface area contributed by atoms with Gasteiger partial charge in [-0.15, -0.1) is 0 Å². The minimum absolute atomic E-state index is 0.0479. The third kappa shape index (κ3) is 4.56. The van der Waals surface area contributed by atoms with Gasteiger partial charge in [0.15, 0.2) is 11.5 Å². The number of hydrogen-bond acceptors (Lipinski definition) is 5. The second-order valence-electron chi connectivity index (χ2n) is 8.74. The van der Waals surface area contributed by atoms with Gasteiger partial charge < -0.3 is 23.8 Å². The normalized spacial score (nSPS) is 20.2. The summed E-state index contributed by atoms with van der Waals surface area (Å²) in [5.74, 6) is 2.67. The van der Waals surface area contributed by atoms with Gasteiger partial charge in [-0.25, -0.2) is 0 Å². The van der Waals surface area contributed by atoms with E-state index in [2.05, 4.69) is 26.0 Å². The molecule has 6 heteroatoms. The zero-order valence-corrected chi connectivity index (χ0v) is 19.4. The number of methoxy groups -OCH3 is 2. The lowest BCUT2D eigenvalue weighted by Crippen LogP contribution is -2.46. The summed E-state index contributed by atoms with van der Waals surface area (Å²) in [5.41, 5.74) is 3.47. The highest BCUT2D eigenvalue weighted by Gasteiger charge is 2.37. The molecular formula is C26H33NO5. The van der Waals surface area contributed by atoms with E-state index >= 15 is 0 Å². The van der Waals surface area contributed by atoms with Crippen LogP contribution in [0, 0.1) is 0 Å². The minimum Gasteiger partial charge on any atom is -0.493 e. The molecule has 2 heterocycles. The highest BCUT2D eigenvalue weighted by molar-refractivity contribution is 5.82. The molecule has 1 fully saturated rings. The van der Waals surface area contributed by atoms with Crippen molar-refractivity contribution in [1.82, 2.24) is 4.90 Å². The summed E-state index contributed by atoms with van der Waals surface area (Å²) >= 11 is 0. The van der Waals surface area contributed by atoms with Gasteiger partial charge in [0.1, 0.15) is 18.5 Å². The van der Waals surface area contributed by atoms with Crippen LogP contribution in [0.25, 0.3) is 0 Å². The monoisotopic (exact) mass is 439 g/mol. The number of ether oxygens (including phenoxy) is 4. The average molecular weight is 440 g/mol. The Hall–Kier alpha value is -2.73. The fourth-order valence-electron chi connectivity index (χ4n) is 4.55. The molecule has 2 atom stereocenters. The predicted octanol–water partition coefficient (Wildman–Crippen LogP) is 4.51.